The zero-order valence-corrected chi connectivity index (χ0v) is 14.0. The third-order valence-electron chi connectivity index (χ3n) is 5.24. The van der Waals surface area contributed by atoms with Gasteiger partial charge in [-0.3, -0.25) is 4.90 Å². The van der Waals surface area contributed by atoms with Gasteiger partial charge >= 0.3 is 0 Å². The molecule has 0 spiro atoms. The molecule has 3 unspecified atom stereocenters. The minimum Gasteiger partial charge on any atom is -0.323 e. The smallest absolute Gasteiger partial charge is 0.0453 e. The molecule has 1 saturated heterocycles. The molecule has 118 valence electrons. The van der Waals surface area contributed by atoms with Gasteiger partial charge in [-0.1, -0.05) is 51.1 Å². The highest BCUT2D eigenvalue weighted by atomic mass is 15.2. The maximum atomic E-state index is 6.58. The summed E-state index contributed by atoms with van der Waals surface area (Å²) in [6.07, 6.45) is 5.16. The van der Waals surface area contributed by atoms with Crippen molar-refractivity contribution in [2.75, 3.05) is 13.1 Å². The molecule has 2 heteroatoms. The first-order valence-corrected chi connectivity index (χ1v) is 8.68. The van der Waals surface area contributed by atoms with E-state index in [0.717, 1.165) is 18.3 Å². The molecule has 2 nitrogen and oxygen atoms in total. The van der Waals surface area contributed by atoms with Crippen LogP contribution in [-0.4, -0.2) is 24.0 Å². The molecule has 0 radical (unpaired) electrons. The maximum absolute atomic E-state index is 6.58. The lowest BCUT2D eigenvalue weighted by atomic mass is 9.89. The largest absolute Gasteiger partial charge is 0.323 e. The lowest BCUT2D eigenvalue weighted by molar-refractivity contribution is 0.168. The van der Waals surface area contributed by atoms with Crippen LogP contribution in [0.2, 0.25) is 0 Å². The number of hydrogen-bond acceptors (Lipinski definition) is 2. The zero-order valence-electron chi connectivity index (χ0n) is 14.0. The van der Waals surface area contributed by atoms with Gasteiger partial charge in [-0.25, -0.2) is 0 Å². The molecule has 0 aliphatic carbocycles. The van der Waals surface area contributed by atoms with E-state index in [1.165, 1.54) is 37.9 Å². The molecule has 0 amide bonds. The van der Waals surface area contributed by atoms with Crippen molar-refractivity contribution in [2.45, 2.75) is 58.5 Å². The van der Waals surface area contributed by atoms with Crippen LogP contribution in [0, 0.1) is 11.8 Å². The van der Waals surface area contributed by atoms with E-state index in [4.69, 9.17) is 5.73 Å². The van der Waals surface area contributed by atoms with E-state index >= 15 is 0 Å². The molecule has 3 atom stereocenters. The Morgan fingerprint density at radius 2 is 1.86 bits per heavy atom. The van der Waals surface area contributed by atoms with Gasteiger partial charge in [0.15, 0.2) is 0 Å². The molecule has 1 aromatic rings. The molecule has 1 aromatic carbocycles. The first-order valence-electron chi connectivity index (χ1n) is 8.68. The molecule has 0 saturated carbocycles. The van der Waals surface area contributed by atoms with Crippen molar-refractivity contribution < 1.29 is 0 Å². The standard InChI is InChI=1S/C19H32N2/c1-4-18(19(20)17-9-6-5-7-10-17)21-13-8-11-16(12-14-21)15(2)3/h5-7,9-10,15-16,18-19H,4,8,11-14,20H2,1-3H3. The van der Waals surface area contributed by atoms with Gasteiger partial charge in [-0.05, 0) is 56.2 Å². The van der Waals surface area contributed by atoms with Crippen LogP contribution < -0.4 is 5.73 Å². The van der Waals surface area contributed by atoms with Gasteiger partial charge in [-0.2, -0.15) is 0 Å². The van der Waals surface area contributed by atoms with E-state index in [1.54, 1.807) is 0 Å². The Labute approximate surface area is 130 Å². The lowest BCUT2D eigenvalue weighted by Crippen LogP contribution is -2.43. The predicted octanol–water partition coefficient (Wildman–Crippen LogP) is 4.22. The summed E-state index contributed by atoms with van der Waals surface area (Å²) >= 11 is 0. The summed E-state index contributed by atoms with van der Waals surface area (Å²) < 4.78 is 0. The van der Waals surface area contributed by atoms with Crippen molar-refractivity contribution in [3.63, 3.8) is 0 Å². The highest BCUT2D eigenvalue weighted by Gasteiger charge is 2.27. The van der Waals surface area contributed by atoms with Crippen molar-refractivity contribution in [1.82, 2.24) is 4.90 Å². The van der Waals surface area contributed by atoms with Crippen molar-refractivity contribution in [1.29, 1.82) is 0 Å². The van der Waals surface area contributed by atoms with Crippen LogP contribution in [0.4, 0.5) is 0 Å². The quantitative estimate of drug-likeness (QED) is 0.879. The highest BCUT2D eigenvalue weighted by molar-refractivity contribution is 5.20. The van der Waals surface area contributed by atoms with E-state index in [9.17, 15) is 0 Å². The fraction of sp³-hybridized carbons (Fsp3) is 0.684. The van der Waals surface area contributed by atoms with E-state index < -0.39 is 0 Å². The monoisotopic (exact) mass is 288 g/mol. The van der Waals surface area contributed by atoms with Crippen LogP contribution in [0.25, 0.3) is 0 Å². The predicted molar refractivity (Wildman–Crippen MR) is 91.2 cm³/mol. The molecular formula is C19H32N2. The lowest BCUT2D eigenvalue weighted by Gasteiger charge is -2.34. The number of hydrogen-bond donors (Lipinski definition) is 1. The van der Waals surface area contributed by atoms with Crippen LogP contribution in [-0.2, 0) is 0 Å². The first-order chi connectivity index (χ1) is 10.1. The second kappa shape index (κ2) is 7.95. The van der Waals surface area contributed by atoms with Crippen molar-refractivity contribution in [3.8, 4) is 0 Å². The number of nitrogens with two attached hydrogens (primary N) is 1. The molecule has 2 N–H and O–H groups in total. The Kier molecular flexibility index (Phi) is 6.25. The fourth-order valence-electron chi connectivity index (χ4n) is 3.78. The summed E-state index contributed by atoms with van der Waals surface area (Å²) in [4.78, 5) is 2.65. The minimum absolute atomic E-state index is 0.131. The van der Waals surface area contributed by atoms with Crippen LogP contribution in [0.3, 0.4) is 0 Å². The minimum atomic E-state index is 0.131. The molecule has 1 heterocycles. The highest BCUT2D eigenvalue weighted by Crippen LogP contribution is 2.28. The van der Waals surface area contributed by atoms with Gasteiger partial charge in [0, 0.05) is 12.1 Å². The summed E-state index contributed by atoms with van der Waals surface area (Å²) in [5.41, 5.74) is 7.86. The van der Waals surface area contributed by atoms with Crippen LogP contribution in [0.5, 0.6) is 0 Å². The number of rotatable bonds is 5. The average Bonchev–Trinajstić information content (AvgIpc) is 2.75. The molecule has 0 bridgehead atoms. The Bertz CT molecular complexity index is 401. The zero-order chi connectivity index (χ0) is 15.2. The molecule has 1 aliphatic heterocycles. The van der Waals surface area contributed by atoms with Gasteiger partial charge in [0.2, 0.25) is 0 Å². The first kappa shape index (κ1) is 16.5. The Morgan fingerprint density at radius 1 is 1.14 bits per heavy atom. The molecule has 0 aromatic heterocycles. The second-order valence-corrected chi connectivity index (χ2v) is 6.88. The van der Waals surface area contributed by atoms with Crippen molar-refractivity contribution in [2.24, 2.45) is 17.6 Å². The van der Waals surface area contributed by atoms with E-state index in [2.05, 4.69) is 56.0 Å². The molecule has 1 fully saturated rings. The third-order valence-corrected chi connectivity index (χ3v) is 5.24. The SMILES string of the molecule is CCC(C(N)c1ccccc1)N1CCCC(C(C)C)CC1. The van der Waals surface area contributed by atoms with E-state index in [1.807, 2.05) is 0 Å². The molecular weight excluding hydrogens is 256 g/mol. The van der Waals surface area contributed by atoms with E-state index in [0.29, 0.717) is 6.04 Å². The van der Waals surface area contributed by atoms with Crippen LogP contribution in [0.1, 0.15) is 58.1 Å². The van der Waals surface area contributed by atoms with Crippen molar-refractivity contribution in [3.05, 3.63) is 35.9 Å². The Hall–Kier alpha value is -0.860. The number of likely N-dealkylation sites (tertiary alicyclic amines) is 1. The second-order valence-electron chi connectivity index (χ2n) is 6.88. The Balaban J connectivity index is 2.03. The molecule has 2 rings (SSSR count). The summed E-state index contributed by atoms with van der Waals surface area (Å²) in [7, 11) is 0. The van der Waals surface area contributed by atoms with Gasteiger partial charge in [-0.15, -0.1) is 0 Å². The van der Waals surface area contributed by atoms with Crippen molar-refractivity contribution >= 4 is 0 Å². The number of nitrogens with zero attached hydrogens (tertiary/aromatic N) is 1. The maximum Gasteiger partial charge on any atom is 0.0453 e. The number of benzene rings is 1. The summed E-state index contributed by atoms with van der Waals surface area (Å²) in [5, 5.41) is 0. The van der Waals surface area contributed by atoms with Gasteiger partial charge < -0.3 is 5.73 Å². The summed E-state index contributed by atoms with van der Waals surface area (Å²) in [6.45, 7) is 9.43. The molecule has 1 aliphatic rings. The Morgan fingerprint density at radius 3 is 2.48 bits per heavy atom. The normalized spacial score (nSPS) is 23.8. The van der Waals surface area contributed by atoms with Crippen LogP contribution >= 0.6 is 0 Å². The topological polar surface area (TPSA) is 29.3 Å². The molecule has 21 heavy (non-hydrogen) atoms. The summed E-state index contributed by atoms with van der Waals surface area (Å²) in [6, 6.07) is 11.2. The van der Waals surface area contributed by atoms with E-state index in [-0.39, 0.29) is 6.04 Å². The van der Waals surface area contributed by atoms with Gasteiger partial charge in [0.25, 0.3) is 0 Å². The van der Waals surface area contributed by atoms with Crippen LogP contribution in [0.15, 0.2) is 30.3 Å². The van der Waals surface area contributed by atoms with Gasteiger partial charge in [0.1, 0.15) is 0 Å². The average molecular weight is 288 g/mol. The van der Waals surface area contributed by atoms with Gasteiger partial charge in [0.05, 0.1) is 0 Å². The fourth-order valence-corrected chi connectivity index (χ4v) is 3.78. The third kappa shape index (κ3) is 4.31. The summed E-state index contributed by atoms with van der Waals surface area (Å²) in [5.74, 6) is 1.70.